The first kappa shape index (κ1) is 25.6. The van der Waals surface area contributed by atoms with Gasteiger partial charge >= 0.3 is 0 Å². The SMILES string of the molecule is O=C(NCC1CCCO1)c1coc(COc2ccc3c(c2)C(c2ccccc2)N(C(=O)C2CCCC2)CC3)n1. The molecule has 3 aliphatic rings. The summed E-state index contributed by atoms with van der Waals surface area (Å²) in [6, 6.07) is 16.2. The monoisotopic (exact) mass is 529 g/mol. The van der Waals surface area contributed by atoms with Crippen LogP contribution in [0.3, 0.4) is 0 Å². The number of oxazole rings is 1. The topological polar surface area (TPSA) is 93.9 Å². The van der Waals surface area contributed by atoms with Gasteiger partial charge in [-0.3, -0.25) is 9.59 Å². The van der Waals surface area contributed by atoms with Crippen LogP contribution >= 0.6 is 0 Å². The Morgan fingerprint density at radius 3 is 2.69 bits per heavy atom. The molecular formula is C31H35N3O5. The number of benzene rings is 2. The molecular weight excluding hydrogens is 494 g/mol. The van der Waals surface area contributed by atoms with Gasteiger partial charge in [-0.2, -0.15) is 0 Å². The molecule has 39 heavy (non-hydrogen) atoms. The number of nitrogens with one attached hydrogen (secondary N) is 1. The molecule has 8 heteroatoms. The Balaban J connectivity index is 1.16. The molecule has 1 saturated heterocycles. The van der Waals surface area contributed by atoms with Crippen LogP contribution in [0.15, 0.2) is 59.2 Å². The van der Waals surface area contributed by atoms with Crippen LogP contribution in [0.1, 0.15) is 77.6 Å². The molecule has 204 valence electrons. The van der Waals surface area contributed by atoms with Crippen molar-refractivity contribution in [3.05, 3.63) is 83.1 Å². The van der Waals surface area contributed by atoms with E-state index in [-0.39, 0.29) is 42.2 Å². The molecule has 2 atom stereocenters. The summed E-state index contributed by atoms with van der Waals surface area (Å²) in [6.07, 6.45) is 8.45. The van der Waals surface area contributed by atoms with Gasteiger partial charge in [-0.05, 0) is 60.9 Å². The molecule has 2 aromatic carbocycles. The molecule has 1 saturated carbocycles. The fourth-order valence-corrected chi connectivity index (χ4v) is 6.05. The molecule has 0 bridgehead atoms. The third-order valence-corrected chi connectivity index (χ3v) is 8.11. The Hall–Kier alpha value is -3.65. The van der Waals surface area contributed by atoms with E-state index < -0.39 is 0 Å². The Kier molecular flexibility index (Phi) is 7.63. The van der Waals surface area contributed by atoms with E-state index in [2.05, 4.69) is 33.4 Å². The zero-order valence-electron chi connectivity index (χ0n) is 22.1. The standard InChI is InChI=1S/C31H35N3O5/c35-30(32-18-25-11-6-16-37-25)27-19-39-28(33-27)20-38-24-13-12-21-14-15-34(31(36)23-9-4-5-10-23)29(26(21)17-24)22-7-2-1-3-8-22/h1-3,7-8,12-13,17,19,23,25,29H,4-6,9-11,14-16,18,20H2,(H,32,35). The van der Waals surface area contributed by atoms with Crippen molar-refractivity contribution in [1.82, 2.24) is 15.2 Å². The summed E-state index contributed by atoms with van der Waals surface area (Å²) in [7, 11) is 0. The van der Waals surface area contributed by atoms with Crippen molar-refractivity contribution in [2.75, 3.05) is 19.7 Å². The van der Waals surface area contributed by atoms with Gasteiger partial charge in [0.1, 0.15) is 12.0 Å². The normalized spacial score (nSPS) is 21.1. The average molecular weight is 530 g/mol. The molecule has 8 nitrogen and oxygen atoms in total. The number of rotatable bonds is 8. The summed E-state index contributed by atoms with van der Waals surface area (Å²) in [5, 5.41) is 2.86. The summed E-state index contributed by atoms with van der Waals surface area (Å²) >= 11 is 0. The molecule has 2 unspecified atom stereocenters. The maximum atomic E-state index is 13.6. The van der Waals surface area contributed by atoms with Crippen molar-refractivity contribution in [2.45, 2.75) is 63.7 Å². The minimum Gasteiger partial charge on any atom is -0.484 e. The molecule has 6 rings (SSSR count). The van der Waals surface area contributed by atoms with Gasteiger partial charge < -0.3 is 24.1 Å². The number of aromatic nitrogens is 1. The van der Waals surface area contributed by atoms with E-state index in [1.807, 2.05) is 30.3 Å². The number of nitrogens with zero attached hydrogens (tertiary/aromatic N) is 2. The lowest BCUT2D eigenvalue weighted by molar-refractivity contribution is -0.137. The minimum absolute atomic E-state index is 0.0664. The van der Waals surface area contributed by atoms with Gasteiger partial charge in [0, 0.05) is 25.6 Å². The zero-order chi connectivity index (χ0) is 26.6. The molecule has 3 aromatic rings. The summed E-state index contributed by atoms with van der Waals surface area (Å²) in [6.45, 7) is 2.03. The van der Waals surface area contributed by atoms with E-state index in [1.165, 1.54) is 11.8 Å². The largest absolute Gasteiger partial charge is 0.484 e. The molecule has 2 fully saturated rings. The highest BCUT2D eigenvalue weighted by atomic mass is 16.5. The van der Waals surface area contributed by atoms with Crippen molar-refractivity contribution in [3.63, 3.8) is 0 Å². The van der Waals surface area contributed by atoms with Crippen LogP contribution < -0.4 is 10.1 Å². The fourth-order valence-electron chi connectivity index (χ4n) is 6.05. The predicted molar refractivity (Wildman–Crippen MR) is 144 cm³/mol. The zero-order valence-corrected chi connectivity index (χ0v) is 22.1. The second-order valence-electron chi connectivity index (χ2n) is 10.7. The number of hydrogen-bond donors (Lipinski definition) is 1. The van der Waals surface area contributed by atoms with Gasteiger partial charge in [-0.15, -0.1) is 0 Å². The second kappa shape index (κ2) is 11.6. The maximum absolute atomic E-state index is 13.6. The lowest BCUT2D eigenvalue weighted by Gasteiger charge is -2.39. The third kappa shape index (κ3) is 5.71. The van der Waals surface area contributed by atoms with Crippen molar-refractivity contribution < 1.29 is 23.5 Å². The van der Waals surface area contributed by atoms with E-state index in [4.69, 9.17) is 13.9 Å². The summed E-state index contributed by atoms with van der Waals surface area (Å²) in [5.41, 5.74) is 3.65. The van der Waals surface area contributed by atoms with Crippen molar-refractivity contribution in [1.29, 1.82) is 0 Å². The predicted octanol–water partition coefficient (Wildman–Crippen LogP) is 4.83. The van der Waals surface area contributed by atoms with Crippen molar-refractivity contribution in [2.24, 2.45) is 5.92 Å². The van der Waals surface area contributed by atoms with E-state index in [9.17, 15) is 9.59 Å². The molecule has 2 amide bonds. The summed E-state index contributed by atoms with van der Waals surface area (Å²) in [4.78, 5) is 32.4. The van der Waals surface area contributed by atoms with Crippen molar-refractivity contribution >= 4 is 11.8 Å². The minimum atomic E-state index is -0.285. The number of amides is 2. The van der Waals surface area contributed by atoms with Gasteiger partial charge in [-0.25, -0.2) is 4.98 Å². The Bertz CT molecular complexity index is 1290. The lowest BCUT2D eigenvalue weighted by Crippen LogP contribution is -2.43. The van der Waals surface area contributed by atoms with Crippen LogP contribution in [0.4, 0.5) is 0 Å². The first-order chi connectivity index (χ1) is 19.2. The molecule has 0 radical (unpaired) electrons. The maximum Gasteiger partial charge on any atom is 0.273 e. The molecule has 3 heterocycles. The van der Waals surface area contributed by atoms with Gasteiger partial charge in [0.25, 0.3) is 5.91 Å². The van der Waals surface area contributed by atoms with Gasteiger partial charge in [0.15, 0.2) is 12.3 Å². The highest BCUT2D eigenvalue weighted by Crippen LogP contribution is 2.39. The summed E-state index contributed by atoms with van der Waals surface area (Å²) < 4.78 is 17.1. The van der Waals surface area contributed by atoms with Crippen LogP contribution in [0.5, 0.6) is 5.75 Å². The Morgan fingerprint density at radius 1 is 1.05 bits per heavy atom. The number of hydrogen-bond acceptors (Lipinski definition) is 6. The number of ether oxygens (including phenoxy) is 2. The van der Waals surface area contributed by atoms with Crippen molar-refractivity contribution in [3.8, 4) is 5.75 Å². The van der Waals surface area contributed by atoms with E-state index >= 15 is 0 Å². The Labute approximate surface area is 228 Å². The summed E-state index contributed by atoms with van der Waals surface area (Å²) in [5.74, 6) is 1.11. The van der Waals surface area contributed by atoms with Gasteiger partial charge in [0.2, 0.25) is 11.8 Å². The first-order valence-corrected chi connectivity index (χ1v) is 14.1. The average Bonchev–Trinajstić information content (AvgIpc) is 3.78. The number of fused-ring (bicyclic) bond motifs is 1. The smallest absolute Gasteiger partial charge is 0.273 e. The van der Waals surface area contributed by atoms with Gasteiger partial charge in [0.05, 0.1) is 12.1 Å². The molecule has 0 spiro atoms. The van der Waals surface area contributed by atoms with Crippen LogP contribution in [0.2, 0.25) is 0 Å². The van der Waals surface area contributed by atoms with Crippen LogP contribution in [-0.4, -0.2) is 47.5 Å². The van der Waals surface area contributed by atoms with E-state index in [0.29, 0.717) is 18.2 Å². The number of carbonyl (C=O) groups is 2. The van der Waals surface area contributed by atoms with Crippen LogP contribution in [0, 0.1) is 5.92 Å². The van der Waals surface area contributed by atoms with E-state index in [0.717, 1.165) is 69.2 Å². The molecule has 2 aliphatic heterocycles. The van der Waals surface area contributed by atoms with Gasteiger partial charge in [-0.1, -0.05) is 49.2 Å². The highest BCUT2D eigenvalue weighted by molar-refractivity contribution is 5.91. The van der Waals surface area contributed by atoms with Crippen LogP contribution in [0.25, 0.3) is 0 Å². The van der Waals surface area contributed by atoms with E-state index in [1.54, 1.807) is 0 Å². The fraction of sp³-hybridized carbons (Fsp3) is 0.452. The third-order valence-electron chi connectivity index (χ3n) is 8.11. The molecule has 1 N–H and O–H groups in total. The molecule has 1 aromatic heterocycles. The Morgan fingerprint density at radius 2 is 1.90 bits per heavy atom. The lowest BCUT2D eigenvalue weighted by atomic mass is 9.87. The first-order valence-electron chi connectivity index (χ1n) is 14.1. The molecule has 1 aliphatic carbocycles. The highest BCUT2D eigenvalue weighted by Gasteiger charge is 2.36. The van der Waals surface area contributed by atoms with Crippen LogP contribution in [-0.2, 0) is 22.6 Å². The second-order valence-corrected chi connectivity index (χ2v) is 10.7. The number of carbonyl (C=O) groups excluding carboxylic acids is 2. The quantitative estimate of drug-likeness (QED) is 0.449.